The highest BCUT2D eigenvalue weighted by molar-refractivity contribution is 14.0. The topological polar surface area (TPSA) is 0 Å². The molecule has 0 saturated heterocycles. The average molecular weight is 336 g/mol. The first kappa shape index (κ1) is 15.4. The predicted octanol–water partition coefficient (Wildman–Crippen LogP) is 4.76. The van der Waals surface area contributed by atoms with Gasteiger partial charge in [-0.15, -0.1) is 31.9 Å². The van der Waals surface area contributed by atoms with E-state index in [1.165, 1.54) is 37.4 Å². The molecule has 2 heteroatoms. The molecule has 0 radical (unpaired) electrons. The minimum atomic E-state index is 0. The van der Waals surface area contributed by atoms with Crippen molar-refractivity contribution in [3.8, 4) is 0 Å². The van der Waals surface area contributed by atoms with Gasteiger partial charge < -0.3 is 0 Å². The van der Waals surface area contributed by atoms with E-state index in [0.29, 0.717) is 7.92 Å². The molecule has 0 bridgehead atoms. The standard InChI is InChI=1S/C13H21P.HI/c1-14(2)12-8-4-7-11-13-9-5-3-6-10-13;/h3,5-6,9-10H,4,7-8,11-12H2,1-2H3;1H. The second-order valence-corrected chi connectivity index (χ2v) is 6.71. The van der Waals surface area contributed by atoms with Gasteiger partial charge >= 0.3 is 0 Å². The lowest BCUT2D eigenvalue weighted by Crippen LogP contribution is -1.87. The summed E-state index contributed by atoms with van der Waals surface area (Å²) >= 11 is 0. The highest BCUT2D eigenvalue weighted by atomic mass is 127. The zero-order valence-electron chi connectivity index (χ0n) is 9.78. The molecular weight excluding hydrogens is 314 g/mol. The molecule has 0 unspecified atom stereocenters. The first-order valence-corrected chi connectivity index (χ1v) is 7.90. The summed E-state index contributed by atoms with van der Waals surface area (Å²) in [5.41, 5.74) is 1.49. The van der Waals surface area contributed by atoms with E-state index < -0.39 is 0 Å². The number of aryl methyl sites for hydroxylation is 1. The van der Waals surface area contributed by atoms with Gasteiger partial charge in [-0.1, -0.05) is 36.8 Å². The molecule has 0 heterocycles. The van der Waals surface area contributed by atoms with Crippen molar-refractivity contribution < 1.29 is 0 Å². The van der Waals surface area contributed by atoms with Crippen LogP contribution in [0, 0.1) is 0 Å². The van der Waals surface area contributed by atoms with Crippen LogP contribution in [0.15, 0.2) is 30.3 Å². The molecule has 1 aromatic rings. The van der Waals surface area contributed by atoms with Crippen molar-refractivity contribution >= 4 is 31.9 Å². The Hall–Kier alpha value is 0.380. The first-order chi connectivity index (χ1) is 6.79. The molecule has 0 aliphatic heterocycles. The Labute approximate surface area is 113 Å². The van der Waals surface area contributed by atoms with Gasteiger partial charge in [-0.25, -0.2) is 0 Å². The molecule has 0 nitrogen and oxygen atoms in total. The third kappa shape index (κ3) is 8.21. The molecule has 0 atom stereocenters. The minimum Gasteiger partial charge on any atom is -0.113 e. The van der Waals surface area contributed by atoms with Gasteiger partial charge in [0.25, 0.3) is 0 Å². The lowest BCUT2D eigenvalue weighted by molar-refractivity contribution is 0.721. The van der Waals surface area contributed by atoms with E-state index >= 15 is 0 Å². The van der Waals surface area contributed by atoms with Gasteiger partial charge in [0.2, 0.25) is 0 Å². The van der Waals surface area contributed by atoms with Crippen LogP contribution in [0.25, 0.3) is 0 Å². The Balaban J connectivity index is 0.00000196. The van der Waals surface area contributed by atoms with Crippen molar-refractivity contribution in [1.29, 1.82) is 0 Å². The Bertz CT molecular complexity index is 234. The molecule has 0 saturated carbocycles. The number of hydrogen-bond acceptors (Lipinski definition) is 0. The maximum Gasteiger partial charge on any atom is -0.0279 e. The van der Waals surface area contributed by atoms with Crippen molar-refractivity contribution in [3.05, 3.63) is 35.9 Å². The molecular formula is C13H22IP. The Morgan fingerprint density at radius 3 is 2.20 bits per heavy atom. The van der Waals surface area contributed by atoms with E-state index in [9.17, 15) is 0 Å². The van der Waals surface area contributed by atoms with E-state index in [-0.39, 0.29) is 24.0 Å². The molecule has 0 aromatic heterocycles. The van der Waals surface area contributed by atoms with Crippen molar-refractivity contribution in [2.75, 3.05) is 19.5 Å². The van der Waals surface area contributed by atoms with E-state index in [1.807, 2.05) is 0 Å². The Kier molecular flexibility index (Phi) is 9.84. The van der Waals surface area contributed by atoms with Crippen molar-refractivity contribution in [3.63, 3.8) is 0 Å². The molecule has 0 fully saturated rings. The van der Waals surface area contributed by atoms with Crippen LogP contribution in [0.3, 0.4) is 0 Å². The third-order valence-corrected chi connectivity index (χ3v) is 3.62. The SMILES string of the molecule is CP(C)CCCCCc1ccccc1.I. The fraction of sp³-hybridized carbons (Fsp3) is 0.538. The van der Waals surface area contributed by atoms with Gasteiger partial charge in [-0.05, 0) is 44.3 Å². The number of halogens is 1. The van der Waals surface area contributed by atoms with Gasteiger partial charge in [-0.2, -0.15) is 0 Å². The number of benzene rings is 1. The van der Waals surface area contributed by atoms with Crippen LogP contribution in [0.5, 0.6) is 0 Å². The lowest BCUT2D eigenvalue weighted by Gasteiger charge is -2.04. The average Bonchev–Trinajstić information content (AvgIpc) is 2.18. The van der Waals surface area contributed by atoms with E-state index in [1.54, 1.807) is 0 Å². The zero-order valence-corrected chi connectivity index (χ0v) is 13.0. The molecule has 0 aliphatic carbocycles. The smallest absolute Gasteiger partial charge is 0.0279 e. The van der Waals surface area contributed by atoms with Crippen LogP contribution in [-0.2, 0) is 6.42 Å². The first-order valence-electron chi connectivity index (χ1n) is 5.47. The van der Waals surface area contributed by atoms with Crippen molar-refractivity contribution in [2.24, 2.45) is 0 Å². The molecule has 0 amide bonds. The highest BCUT2D eigenvalue weighted by Crippen LogP contribution is 2.25. The lowest BCUT2D eigenvalue weighted by atomic mass is 10.1. The Morgan fingerprint density at radius 1 is 0.933 bits per heavy atom. The minimum absolute atomic E-state index is 0. The van der Waals surface area contributed by atoms with Crippen LogP contribution >= 0.6 is 31.9 Å². The van der Waals surface area contributed by atoms with Gasteiger partial charge in [0.05, 0.1) is 0 Å². The summed E-state index contributed by atoms with van der Waals surface area (Å²) in [5.74, 6) is 0. The highest BCUT2D eigenvalue weighted by Gasteiger charge is 1.94. The number of unbranched alkanes of at least 4 members (excludes halogenated alkanes) is 2. The molecule has 15 heavy (non-hydrogen) atoms. The summed E-state index contributed by atoms with van der Waals surface area (Å²) < 4.78 is 0. The van der Waals surface area contributed by atoms with Crippen LogP contribution in [0.2, 0.25) is 0 Å². The van der Waals surface area contributed by atoms with E-state index in [0.717, 1.165) is 0 Å². The maximum atomic E-state index is 2.37. The summed E-state index contributed by atoms with van der Waals surface area (Å²) in [6, 6.07) is 10.8. The second-order valence-electron chi connectivity index (χ2n) is 4.10. The van der Waals surface area contributed by atoms with Gasteiger partial charge in [0, 0.05) is 0 Å². The quantitative estimate of drug-likeness (QED) is 0.399. The normalized spacial score (nSPS) is 10.1. The molecule has 86 valence electrons. The van der Waals surface area contributed by atoms with Gasteiger partial charge in [0.1, 0.15) is 0 Å². The fourth-order valence-corrected chi connectivity index (χ4v) is 2.43. The summed E-state index contributed by atoms with van der Waals surface area (Å²) in [4.78, 5) is 0. The largest absolute Gasteiger partial charge is 0.113 e. The summed E-state index contributed by atoms with van der Waals surface area (Å²) in [7, 11) is 0.329. The monoisotopic (exact) mass is 336 g/mol. The van der Waals surface area contributed by atoms with Crippen LogP contribution in [-0.4, -0.2) is 19.5 Å². The molecule has 0 spiro atoms. The van der Waals surface area contributed by atoms with Crippen molar-refractivity contribution in [2.45, 2.75) is 25.7 Å². The maximum absolute atomic E-state index is 2.37. The van der Waals surface area contributed by atoms with Crippen LogP contribution < -0.4 is 0 Å². The summed E-state index contributed by atoms with van der Waals surface area (Å²) in [6.07, 6.45) is 6.88. The molecule has 1 aromatic carbocycles. The second kappa shape index (κ2) is 9.59. The van der Waals surface area contributed by atoms with Gasteiger partial charge in [-0.3, -0.25) is 0 Å². The Morgan fingerprint density at radius 2 is 1.60 bits per heavy atom. The van der Waals surface area contributed by atoms with Gasteiger partial charge in [0.15, 0.2) is 0 Å². The molecule has 0 aliphatic rings. The number of hydrogen-bond donors (Lipinski definition) is 0. The predicted molar refractivity (Wildman–Crippen MR) is 83.0 cm³/mol. The number of rotatable bonds is 6. The van der Waals surface area contributed by atoms with E-state index in [4.69, 9.17) is 0 Å². The van der Waals surface area contributed by atoms with Crippen LogP contribution in [0.1, 0.15) is 24.8 Å². The fourth-order valence-electron chi connectivity index (χ4n) is 1.58. The summed E-state index contributed by atoms with van der Waals surface area (Å²) in [5, 5.41) is 0. The third-order valence-electron chi connectivity index (χ3n) is 2.41. The molecule has 0 N–H and O–H groups in total. The zero-order chi connectivity index (χ0) is 10.2. The van der Waals surface area contributed by atoms with E-state index in [2.05, 4.69) is 43.7 Å². The van der Waals surface area contributed by atoms with Crippen molar-refractivity contribution in [1.82, 2.24) is 0 Å². The molecule has 1 rings (SSSR count). The summed E-state index contributed by atoms with van der Waals surface area (Å²) in [6.45, 7) is 4.74. The van der Waals surface area contributed by atoms with Crippen LogP contribution in [0.4, 0.5) is 0 Å².